The molecule has 6 heteroatoms. The van der Waals surface area contributed by atoms with E-state index in [1.165, 1.54) is 5.56 Å². The largest absolute Gasteiger partial charge is 0.444 e. The maximum absolute atomic E-state index is 11.7. The van der Waals surface area contributed by atoms with Crippen molar-refractivity contribution in [2.75, 3.05) is 27.3 Å². The van der Waals surface area contributed by atoms with Crippen LogP contribution in [0.2, 0.25) is 0 Å². The van der Waals surface area contributed by atoms with Gasteiger partial charge in [-0.3, -0.25) is 0 Å². The highest BCUT2D eigenvalue weighted by atomic mass is 16.6. The van der Waals surface area contributed by atoms with Crippen molar-refractivity contribution in [3.63, 3.8) is 0 Å². The van der Waals surface area contributed by atoms with Crippen LogP contribution in [0.5, 0.6) is 0 Å². The molecule has 2 aliphatic heterocycles. The Labute approximate surface area is 157 Å². The van der Waals surface area contributed by atoms with Crippen molar-refractivity contribution >= 4 is 12.9 Å². The molecule has 2 atom stereocenters. The van der Waals surface area contributed by atoms with E-state index in [2.05, 4.69) is 29.1 Å². The first kappa shape index (κ1) is 24.1. The van der Waals surface area contributed by atoms with Gasteiger partial charge in [0.05, 0.1) is 0 Å². The second-order valence-corrected chi connectivity index (χ2v) is 7.19. The second-order valence-electron chi connectivity index (χ2n) is 7.19. The van der Waals surface area contributed by atoms with Crippen molar-refractivity contribution in [2.24, 2.45) is 0 Å². The maximum atomic E-state index is 11.7. The van der Waals surface area contributed by atoms with Crippen molar-refractivity contribution in [3.8, 4) is 0 Å². The lowest BCUT2D eigenvalue weighted by Crippen LogP contribution is -2.48. The number of fused-ring (bicyclic) bond motifs is 2. The van der Waals surface area contributed by atoms with Gasteiger partial charge in [0.15, 0.2) is 0 Å². The van der Waals surface area contributed by atoms with Gasteiger partial charge < -0.3 is 24.5 Å². The lowest BCUT2D eigenvalue weighted by atomic mass is 10.2. The summed E-state index contributed by atoms with van der Waals surface area (Å²) in [5, 5.41) is 3.35. The lowest BCUT2D eigenvalue weighted by Gasteiger charge is -2.30. The molecule has 2 heterocycles. The molecule has 2 fully saturated rings. The number of rotatable bonds is 0. The lowest BCUT2D eigenvalue weighted by molar-refractivity contribution is -0.0980. The number of nitrogens with one attached hydrogen (secondary N) is 1. The van der Waals surface area contributed by atoms with Gasteiger partial charge in [0, 0.05) is 39.4 Å². The van der Waals surface area contributed by atoms with Crippen LogP contribution in [0.25, 0.3) is 0 Å². The fourth-order valence-corrected chi connectivity index (χ4v) is 2.64. The Bertz CT molecular complexity index is 502. The monoisotopic (exact) mass is 366 g/mol. The third-order valence-corrected chi connectivity index (χ3v) is 3.63. The number of carbonyl (C=O) groups is 2. The Hall–Kier alpha value is -1.92. The average molecular weight is 367 g/mol. The fraction of sp³-hybridized carbons (Fsp3) is 0.600. The van der Waals surface area contributed by atoms with Gasteiger partial charge in [0.2, 0.25) is 0 Å². The van der Waals surface area contributed by atoms with Gasteiger partial charge in [0.1, 0.15) is 12.4 Å². The minimum atomic E-state index is -0.383. The van der Waals surface area contributed by atoms with Crippen molar-refractivity contribution in [1.82, 2.24) is 10.2 Å². The summed E-state index contributed by atoms with van der Waals surface area (Å²) in [6, 6.07) is 11.1. The van der Waals surface area contributed by atoms with E-state index in [1.54, 1.807) is 14.2 Å². The molecule has 0 spiro atoms. The zero-order valence-electron chi connectivity index (χ0n) is 17.0. The molecule has 2 aliphatic rings. The first-order valence-corrected chi connectivity index (χ1v) is 8.70. The molecule has 1 N–H and O–H groups in total. The molecule has 0 aliphatic carbocycles. The highest BCUT2D eigenvalue weighted by Gasteiger charge is 2.41. The van der Waals surface area contributed by atoms with Crippen LogP contribution >= 0.6 is 0 Å². The number of amides is 1. The number of carbonyl (C=O) groups excluding carboxylic acids is 2. The predicted molar refractivity (Wildman–Crippen MR) is 104 cm³/mol. The fourth-order valence-electron chi connectivity index (χ4n) is 2.64. The normalized spacial score (nSPS) is 19.8. The number of nitrogens with zero attached hydrogens (tertiary/aromatic N) is 1. The molecule has 26 heavy (non-hydrogen) atoms. The first-order chi connectivity index (χ1) is 12.3. The van der Waals surface area contributed by atoms with Gasteiger partial charge in [-0.1, -0.05) is 35.9 Å². The van der Waals surface area contributed by atoms with E-state index in [-0.39, 0.29) is 11.7 Å². The van der Waals surface area contributed by atoms with Crippen molar-refractivity contribution in [1.29, 1.82) is 0 Å². The second kappa shape index (κ2) is 12.4. The number of benzene rings is 1. The number of hydrogen-bond donors (Lipinski definition) is 1. The molecule has 6 nitrogen and oxygen atoms in total. The van der Waals surface area contributed by atoms with Gasteiger partial charge in [-0.2, -0.15) is 0 Å². The topological polar surface area (TPSA) is 67.9 Å². The summed E-state index contributed by atoms with van der Waals surface area (Å²) in [6.07, 6.45) is 0.922. The summed E-state index contributed by atoms with van der Waals surface area (Å²) in [4.78, 5) is 21.6. The van der Waals surface area contributed by atoms with Crippen LogP contribution in [0, 0.1) is 6.92 Å². The van der Waals surface area contributed by atoms with Crippen LogP contribution in [-0.2, 0) is 14.3 Å². The van der Waals surface area contributed by atoms with Gasteiger partial charge in [-0.15, -0.1) is 0 Å². The Morgan fingerprint density at radius 1 is 1.19 bits per heavy atom. The van der Waals surface area contributed by atoms with Gasteiger partial charge in [0.25, 0.3) is 0 Å². The molecule has 2 saturated heterocycles. The maximum Gasteiger partial charge on any atom is 0.410 e. The van der Waals surface area contributed by atoms with Gasteiger partial charge in [-0.25, -0.2) is 4.79 Å². The Kier molecular flexibility index (Phi) is 11.5. The standard InChI is InChI=1S/C10H18N2O2.C7H8.C2H6O.CH2O/c1-10(2,3)14-9(13)12-6-7-4-8(12)5-11-7;1-7-5-3-2-4-6-7;1-3-2;1-2/h7-8,11H,4-6H2,1-3H3;2-6H,1H3;1-2H3;1H2. The van der Waals surface area contributed by atoms with Crippen LogP contribution in [-0.4, -0.2) is 62.8 Å². The van der Waals surface area contributed by atoms with Crippen LogP contribution in [0.4, 0.5) is 4.79 Å². The average Bonchev–Trinajstić information content (AvgIpc) is 3.20. The van der Waals surface area contributed by atoms with E-state index in [1.807, 2.05) is 50.7 Å². The smallest absolute Gasteiger partial charge is 0.410 e. The van der Waals surface area contributed by atoms with Crippen molar-refractivity contribution < 1.29 is 19.1 Å². The molecule has 2 unspecified atom stereocenters. The summed E-state index contributed by atoms with van der Waals surface area (Å²) in [5.41, 5.74) is 0.939. The van der Waals surface area contributed by atoms with E-state index in [9.17, 15) is 4.79 Å². The van der Waals surface area contributed by atoms with Crippen molar-refractivity contribution in [3.05, 3.63) is 35.9 Å². The number of ether oxygens (including phenoxy) is 2. The molecule has 1 aromatic carbocycles. The number of likely N-dealkylation sites (tertiary alicyclic amines) is 1. The van der Waals surface area contributed by atoms with E-state index >= 15 is 0 Å². The third kappa shape index (κ3) is 9.53. The molecular weight excluding hydrogens is 332 g/mol. The summed E-state index contributed by atoms with van der Waals surface area (Å²) >= 11 is 0. The summed E-state index contributed by atoms with van der Waals surface area (Å²) < 4.78 is 9.58. The molecule has 3 rings (SSSR count). The SMILES string of the molecule is C=O.CC(C)(C)OC(=O)N1CC2CC1CN2.COC.Cc1ccccc1. The third-order valence-electron chi connectivity index (χ3n) is 3.63. The van der Waals surface area contributed by atoms with E-state index in [0.717, 1.165) is 19.5 Å². The number of hydrogen-bond acceptors (Lipinski definition) is 5. The van der Waals surface area contributed by atoms with Gasteiger partial charge >= 0.3 is 6.09 Å². The van der Waals surface area contributed by atoms with Crippen LogP contribution in [0.3, 0.4) is 0 Å². The highest BCUT2D eigenvalue weighted by molar-refractivity contribution is 5.69. The van der Waals surface area contributed by atoms with E-state index in [4.69, 9.17) is 9.53 Å². The summed E-state index contributed by atoms with van der Waals surface area (Å²) in [7, 11) is 3.25. The molecule has 2 bridgehead atoms. The quantitative estimate of drug-likeness (QED) is 0.764. The molecule has 0 saturated carbocycles. The Morgan fingerprint density at radius 3 is 2.04 bits per heavy atom. The predicted octanol–water partition coefficient (Wildman–Crippen LogP) is 3.04. The van der Waals surface area contributed by atoms with Gasteiger partial charge in [-0.05, 0) is 34.1 Å². The number of aryl methyl sites for hydroxylation is 1. The Morgan fingerprint density at radius 2 is 1.73 bits per heavy atom. The van der Waals surface area contributed by atoms with Crippen LogP contribution < -0.4 is 5.32 Å². The Balaban J connectivity index is 0.000000437. The summed E-state index contributed by atoms with van der Waals surface area (Å²) in [6.45, 7) is 11.5. The molecular formula is C20H34N2O4. The zero-order valence-corrected chi connectivity index (χ0v) is 17.0. The summed E-state index contributed by atoms with van der Waals surface area (Å²) in [5.74, 6) is 0. The minimum Gasteiger partial charge on any atom is -0.444 e. The molecule has 0 aromatic heterocycles. The molecule has 1 aromatic rings. The molecule has 148 valence electrons. The zero-order chi connectivity index (χ0) is 20.2. The van der Waals surface area contributed by atoms with Crippen LogP contribution in [0.15, 0.2) is 30.3 Å². The first-order valence-electron chi connectivity index (χ1n) is 8.70. The van der Waals surface area contributed by atoms with Crippen LogP contribution in [0.1, 0.15) is 32.8 Å². The van der Waals surface area contributed by atoms with E-state index in [0.29, 0.717) is 12.1 Å². The highest BCUT2D eigenvalue weighted by Crippen LogP contribution is 2.25. The molecule has 1 amide bonds. The molecule has 0 radical (unpaired) electrons. The van der Waals surface area contributed by atoms with Crippen molar-refractivity contribution in [2.45, 2.75) is 51.8 Å². The number of methoxy groups -OCH3 is 1. The number of piperazine rings is 1. The minimum absolute atomic E-state index is 0.161. The van der Waals surface area contributed by atoms with E-state index < -0.39 is 0 Å².